The number of benzene rings is 2. The van der Waals surface area contributed by atoms with Crippen LogP contribution < -0.4 is 5.73 Å². The van der Waals surface area contributed by atoms with E-state index in [4.69, 9.17) is 16.6 Å². The molecule has 0 saturated heterocycles. The van der Waals surface area contributed by atoms with Gasteiger partial charge in [-0.1, -0.05) is 97.0 Å². The second-order valence-corrected chi connectivity index (χ2v) is 11.1. The third kappa shape index (κ3) is 6.67. The van der Waals surface area contributed by atoms with E-state index < -0.39 is 0 Å². The number of hydrogen-bond donors (Lipinski definition) is 4. The van der Waals surface area contributed by atoms with Crippen LogP contribution in [0.15, 0.2) is 66.8 Å². The van der Waals surface area contributed by atoms with Crippen molar-refractivity contribution in [1.82, 2.24) is 0 Å². The van der Waals surface area contributed by atoms with Gasteiger partial charge in [-0.2, -0.15) is 0 Å². The predicted octanol–water partition coefficient (Wildman–Crippen LogP) is 7.17. The lowest BCUT2D eigenvalue weighted by Gasteiger charge is -2.35. The number of phenolic OH excluding ortho intramolecular Hbond substituents is 1. The Labute approximate surface area is 199 Å². The topological polar surface area (TPSA) is 93.9 Å². The molecule has 0 radical (unpaired) electrons. The minimum Gasteiger partial charge on any atom is -0.505 e. The van der Waals surface area contributed by atoms with E-state index in [9.17, 15) is 5.11 Å². The molecule has 0 bridgehead atoms. The van der Waals surface area contributed by atoms with Gasteiger partial charge in [0, 0.05) is 11.0 Å². The summed E-state index contributed by atoms with van der Waals surface area (Å²) in [5, 5.41) is 24.8. The standard InChI is InChI=1S/C23H33NO.C6H6N2/c1-21(2,3)15-22(4,5)17-13-18(20(25)19(24)14-17)23(6,7)16-11-9-8-10-12-16;7-5-3-1-2-4-6(5)8/h8-14,25H,15,24H2,1-7H3;1-4,7-8H. The van der Waals surface area contributed by atoms with Crippen LogP contribution in [0.5, 0.6) is 5.75 Å². The van der Waals surface area contributed by atoms with E-state index in [1.807, 2.05) is 24.3 Å². The first-order valence-corrected chi connectivity index (χ1v) is 11.4. The zero-order chi connectivity index (χ0) is 25.0. The molecule has 4 heteroatoms. The van der Waals surface area contributed by atoms with E-state index in [0.29, 0.717) is 5.69 Å². The summed E-state index contributed by atoms with van der Waals surface area (Å²) in [6.07, 6.45) is 7.74. The first-order chi connectivity index (χ1) is 15.1. The third-order valence-electron chi connectivity index (χ3n) is 5.99. The molecule has 0 fully saturated rings. The first-order valence-electron chi connectivity index (χ1n) is 11.4. The fourth-order valence-electron chi connectivity index (χ4n) is 4.45. The number of nitrogens with one attached hydrogen (secondary N) is 2. The summed E-state index contributed by atoms with van der Waals surface area (Å²) >= 11 is 0. The number of nitrogen functional groups attached to an aromatic ring is 1. The monoisotopic (exact) mass is 445 g/mol. The Morgan fingerprint density at radius 1 is 0.788 bits per heavy atom. The molecule has 3 rings (SSSR count). The van der Waals surface area contributed by atoms with E-state index in [2.05, 4.69) is 66.7 Å². The van der Waals surface area contributed by atoms with Crippen molar-refractivity contribution < 1.29 is 5.11 Å². The highest BCUT2D eigenvalue weighted by Gasteiger charge is 2.32. The lowest BCUT2D eigenvalue weighted by molar-refractivity contribution is 0.284. The van der Waals surface area contributed by atoms with E-state index >= 15 is 0 Å². The van der Waals surface area contributed by atoms with Crippen LogP contribution >= 0.6 is 0 Å². The Bertz CT molecular complexity index is 1050. The maximum atomic E-state index is 10.7. The molecule has 2 aromatic carbocycles. The van der Waals surface area contributed by atoms with Gasteiger partial charge in [0.1, 0.15) is 5.75 Å². The first kappa shape index (κ1) is 26.1. The van der Waals surface area contributed by atoms with Gasteiger partial charge in [-0.05, 0) is 46.6 Å². The molecule has 0 amide bonds. The Hall–Kier alpha value is -3.14. The fourth-order valence-corrected chi connectivity index (χ4v) is 4.45. The van der Waals surface area contributed by atoms with Gasteiger partial charge in [0.25, 0.3) is 0 Å². The second kappa shape index (κ2) is 9.78. The summed E-state index contributed by atoms with van der Waals surface area (Å²) in [5.41, 5.74) is 10.3. The molecule has 0 atom stereocenters. The van der Waals surface area contributed by atoms with E-state index in [-0.39, 0.29) is 33.4 Å². The van der Waals surface area contributed by atoms with Crippen molar-refractivity contribution in [2.75, 3.05) is 5.73 Å². The van der Waals surface area contributed by atoms with E-state index in [1.165, 1.54) is 5.56 Å². The number of anilines is 1. The van der Waals surface area contributed by atoms with Crippen LogP contribution in [0.25, 0.3) is 0 Å². The maximum Gasteiger partial charge on any atom is 0.142 e. The Morgan fingerprint density at radius 3 is 1.76 bits per heavy atom. The number of aromatic hydroxyl groups is 1. The summed E-state index contributed by atoms with van der Waals surface area (Å²) in [6, 6.07) is 14.4. The number of rotatable bonds is 4. The Morgan fingerprint density at radius 2 is 1.30 bits per heavy atom. The van der Waals surface area contributed by atoms with E-state index in [0.717, 1.165) is 17.5 Å². The van der Waals surface area contributed by atoms with Crippen molar-refractivity contribution in [1.29, 1.82) is 10.8 Å². The SMILES string of the molecule is CC(C)(C)CC(C)(C)c1cc(N)c(O)c(C(C)(C)c2ccccc2)c1.N=C1C=CC=CC1=N. The predicted molar refractivity (Wildman–Crippen MR) is 142 cm³/mol. The Kier molecular flexibility index (Phi) is 7.74. The summed E-state index contributed by atoms with van der Waals surface area (Å²) in [4.78, 5) is 0. The van der Waals surface area contributed by atoms with Gasteiger partial charge in [0.15, 0.2) is 0 Å². The molecule has 0 aromatic heterocycles. The average Bonchev–Trinajstić information content (AvgIpc) is 2.71. The van der Waals surface area contributed by atoms with Crippen LogP contribution in [0.1, 0.15) is 71.6 Å². The quantitative estimate of drug-likeness (QED) is 0.228. The number of hydrogen-bond acceptors (Lipinski definition) is 4. The van der Waals surface area contributed by atoms with Gasteiger partial charge in [0.05, 0.1) is 17.1 Å². The highest BCUT2D eigenvalue weighted by molar-refractivity contribution is 6.48. The average molecular weight is 446 g/mol. The normalized spacial score (nSPS) is 14.2. The molecule has 176 valence electrons. The van der Waals surface area contributed by atoms with Crippen molar-refractivity contribution in [3.05, 3.63) is 83.5 Å². The highest BCUT2D eigenvalue weighted by Crippen LogP contribution is 2.44. The summed E-state index contributed by atoms with van der Waals surface area (Å²) in [5.74, 6) is 0.198. The van der Waals surface area contributed by atoms with Crippen molar-refractivity contribution >= 4 is 17.1 Å². The third-order valence-corrected chi connectivity index (χ3v) is 5.99. The molecule has 1 aliphatic rings. The van der Waals surface area contributed by atoms with Crippen LogP contribution in [0, 0.1) is 16.2 Å². The van der Waals surface area contributed by atoms with Crippen LogP contribution in [-0.2, 0) is 10.8 Å². The van der Waals surface area contributed by atoms with Crippen LogP contribution in [-0.4, -0.2) is 16.5 Å². The molecule has 0 heterocycles. The van der Waals surface area contributed by atoms with Crippen molar-refractivity contribution in [3.8, 4) is 5.75 Å². The van der Waals surface area contributed by atoms with E-state index in [1.54, 1.807) is 24.3 Å². The van der Waals surface area contributed by atoms with Gasteiger partial charge in [0.2, 0.25) is 0 Å². The summed E-state index contributed by atoms with van der Waals surface area (Å²) in [6.45, 7) is 15.6. The minimum absolute atomic E-state index is 0.0262. The fraction of sp³-hybridized carbons (Fsp3) is 0.379. The molecule has 0 saturated carbocycles. The van der Waals surface area contributed by atoms with Gasteiger partial charge in [-0.25, -0.2) is 0 Å². The van der Waals surface area contributed by atoms with Gasteiger partial charge >= 0.3 is 0 Å². The molecular formula is C29H39N3O. The van der Waals surface area contributed by atoms with Crippen molar-refractivity contribution in [2.24, 2.45) is 5.41 Å². The number of nitrogens with two attached hydrogens (primary N) is 1. The molecule has 0 spiro atoms. The van der Waals surface area contributed by atoms with Crippen LogP contribution in [0.3, 0.4) is 0 Å². The lowest BCUT2D eigenvalue weighted by Crippen LogP contribution is -2.26. The van der Waals surface area contributed by atoms with Crippen LogP contribution in [0.2, 0.25) is 0 Å². The minimum atomic E-state index is -0.326. The highest BCUT2D eigenvalue weighted by atomic mass is 16.3. The number of phenols is 1. The molecule has 1 aliphatic carbocycles. The summed E-state index contributed by atoms with van der Waals surface area (Å²) < 4.78 is 0. The molecule has 0 unspecified atom stereocenters. The molecule has 4 nitrogen and oxygen atoms in total. The molecule has 0 aliphatic heterocycles. The Balaban J connectivity index is 0.000000405. The largest absolute Gasteiger partial charge is 0.505 e. The molecule has 2 aromatic rings. The van der Waals surface area contributed by atoms with Crippen LogP contribution in [0.4, 0.5) is 5.69 Å². The zero-order valence-corrected chi connectivity index (χ0v) is 21.1. The van der Waals surface area contributed by atoms with Gasteiger partial charge in [-0.15, -0.1) is 0 Å². The molecule has 33 heavy (non-hydrogen) atoms. The summed E-state index contributed by atoms with van der Waals surface area (Å²) in [7, 11) is 0. The number of allylic oxidation sites excluding steroid dienone is 4. The second-order valence-electron chi connectivity index (χ2n) is 11.1. The van der Waals surface area contributed by atoms with Crippen molar-refractivity contribution in [2.45, 2.75) is 65.7 Å². The van der Waals surface area contributed by atoms with Crippen molar-refractivity contribution in [3.63, 3.8) is 0 Å². The lowest BCUT2D eigenvalue weighted by atomic mass is 9.70. The van der Waals surface area contributed by atoms with Gasteiger partial charge in [-0.3, -0.25) is 10.8 Å². The molecule has 5 N–H and O–H groups in total. The zero-order valence-electron chi connectivity index (χ0n) is 21.1. The van der Waals surface area contributed by atoms with Gasteiger partial charge < -0.3 is 10.8 Å². The molecular weight excluding hydrogens is 406 g/mol. The smallest absolute Gasteiger partial charge is 0.142 e. The maximum absolute atomic E-state index is 10.7.